The molecule has 0 radical (unpaired) electrons. The van der Waals surface area contributed by atoms with Crippen molar-refractivity contribution in [3.8, 4) is 0 Å². The molecule has 1 N–H and O–H groups in total. The molecular weight excluding hydrogens is 236 g/mol. The highest BCUT2D eigenvalue weighted by Gasteiger charge is 2.45. The maximum atomic E-state index is 12.7. The van der Waals surface area contributed by atoms with Crippen molar-refractivity contribution in [2.24, 2.45) is 17.3 Å². The van der Waals surface area contributed by atoms with Gasteiger partial charge in [-0.25, -0.2) is 0 Å². The second kappa shape index (κ2) is 4.76. The fraction of sp³-hybridized carbons (Fsp3) is 0.938. The predicted molar refractivity (Wildman–Crippen MR) is 76.8 cm³/mol. The Kier molecular flexibility index (Phi) is 3.36. The molecule has 0 aromatic heterocycles. The molecule has 1 saturated heterocycles. The molecule has 1 aliphatic heterocycles. The van der Waals surface area contributed by atoms with Crippen LogP contribution < -0.4 is 5.32 Å². The van der Waals surface area contributed by atoms with E-state index in [4.69, 9.17) is 0 Å². The van der Waals surface area contributed by atoms with Crippen LogP contribution in [0.3, 0.4) is 0 Å². The van der Waals surface area contributed by atoms with E-state index in [1.165, 1.54) is 25.7 Å². The highest BCUT2D eigenvalue weighted by Crippen LogP contribution is 2.50. The molecule has 0 aromatic carbocycles. The summed E-state index contributed by atoms with van der Waals surface area (Å²) >= 11 is 0. The van der Waals surface area contributed by atoms with E-state index in [-0.39, 0.29) is 11.5 Å². The number of carbonyl (C=O) groups is 1. The second-order valence-electron chi connectivity index (χ2n) is 7.71. The van der Waals surface area contributed by atoms with Crippen LogP contribution in [0, 0.1) is 17.3 Å². The number of rotatable bonds is 2. The Bertz CT molecular complexity index is 366. The van der Waals surface area contributed by atoms with Gasteiger partial charge in [0.25, 0.3) is 0 Å². The first-order valence-corrected chi connectivity index (χ1v) is 7.98. The van der Waals surface area contributed by atoms with Crippen LogP contribution in [0.5, 0.6) is 0 Å². The van der Waals surface area contributed by atoms with E-state index in [0.29, 0.717) is 11.9 Å². The van der Waals surface area contributed by atoms with Crippen molar-refractivity contribution in [1.29, 1.82) is 0 Å². The monoisotopic (exact) mass is 264 g/mol. The Morgan fingerprint density at radius 1 is 1.21 bits per heavy atom. The maximum absolute atomic E-state index is 12.7. The Balaban J connectivity index is 1.73. The number of hydrogen-bond acceptors (Lipinski definition) is 2. The first kappa shape index (κ1) is 13.4. The number of amides is 1. The van der Waals surface area contributed by atoms with E-state index in [2.05, 4.69) is 24.1 Å². The number of nitrogens with zero attached hydrogens (tertiary/aromatic N) is 1. The Labute approximate surface area is 117 Å². The third kappa shape index (κ3) is 2.67. The molecule has 0 spiro atoms. The van der Waals surface area contributed by atoms with Crippen LogP contribution >= 0.6 is 0 Å². The molecule has 1 amide bonds. The Morgan fingerprint density at radius 3 is 2.68 bits per heavy atom. The average molecular weight is 264 g/mol. The number of carbonyl (C=O) groups excluding carboxylic acids is 1. The van der Waals surface area contributed by atoms with E-state index in [0.717, 1.165) is 31.2 Å². The number of likely N-dealkylation sites (tertiary alicyclic amines) is 1. The van der Waals surface area contributed by atoms with E-state index < -0.39 is 0 Å². The van der Waals surface area contributed by atoms with E-state index in [1.54, 1.807) is 0 Å². The van der Waals surface area contributed by atoms with Crippen molar-refractivity contribution in [2.45, 2.75) is 64.5 Å². The lowest BCUT2D eigenvalue weighted by Gasteiger charge is -2.35. The normalized spacial score (nSPS) is 41.6. The topological polar surface area (TPSA) is 32.3 Å². The summed E-state index contributed by atoms with van der Waals surface area (Å²) in [6.07, 6.45) is 7.41. The highest BCUT2D eigenvalue weighted by molar-refractivity contribution is 5.82. The van der Waals surface area contributed by atoms with Crippen LogP contribution in [0.1, 0.15) is 52.4 Å². The third-order valence-corrected chi connectivity index (χ3v) is 5.67. The summed E-state index contributed by atoms with van der Waals surface area (Å²) in [5.41, 5.74) is 0.273. The summed E-state index contributed by atoms with van der Waals surface area (Å²) in [6.45, 7) is 5.56. The van der Waals surface area contributed by atoms with Gasteiger partial charge in [0, 0.05) is 12.6 Å². The molecule has 2 aliphatic carbocycles. The van der Waals surface area contributed by atoms with Crippen molar-refractivity contribution >= 4 is 5.91 Å². The van der Waals surface area contributed by atoms with Crippen molar-refractivity contribution < 1.29 is 4.79 Å². The van der Waals surface area contributed by atoms with Crippen LogP contribution in [0.4, 0.5) is 0 Å². The quantitative estimate of drug-likeness (QED) is 0.830. The van der Waals surface area contributed by atoms with Gasteiger partial charge < -0.3 is 10.2 Å². The molecule has 108 valence electrons. The van der Waals surface area contributed by atoms with Crippen molar-refractivity contribution in [3.63, 3.8) is 0 Å². The molecule has 0 aromatic rings. The Morgan fingerprint density at radius 2 is 2.00 bits per heavy atom. The molecule has 4 atom stereocenters. The first-order valence-electron chi connectivity index (χ1n) is 7.98. The molecule has 3 aliphatic rings. The zero-order valence-electron chi connectivity index (χ0n) is 12.6. The summed E-state index contributed by atoms with van der Waals surface area (Å²) in [7, 11) is 1.93. The van der Waals surface area contributed by atoms with Gasteiger partial charge in [0.15, 0.2) is 0 Å². The lowest BCUT2D eigenvalue weighted by Crippen LogP contribution is -2.49. The average Bonchev–Trinajstić information content (AvgIpc) is 3.14. The summed E-state index contributed by atoms with van der Waals surface area (Å²) in [6, 6.07) is 0.551. The minimum Gasteiger partial charge on any atom is -0.338 e. The van der Waals surface area contributed by atoms with E-state index in [1.807, 2.05) is 7.05 Å². The van der Waals surface area contributed by atoms with E-state index in [9.17, 15) is 4.79 Å². The van der Waals surface area contributed by atoms with Gasteiger partial charge >= 0.3 is 0 Å². The zero-order chi connectivity index (χ0) is 13.6. The molecule has 3 fully saturated rings. The lowest BCUT2D eigenvalue weighted by atomic mass is 9.83. The SMILES string of the molecule is CNC1CC(C)(C)CCN(C2CCC3CC3C2)C1=O. The third-order valence-electron chi connectivity index (χ3n) is 5.67. The van der Waals surface area contributed by atoms with Crippen molar-refractivity contribution in [1.82, 2.24) is 10.2 Å². The van der Waals surface area contributed by atoms with Gasteiger partial charge in [0.05, 0.1) is 6.04 Å². The molecular formula is C16H28N2O. The number of hydrogen-bond donors (Lipinski definition) is 1. The van der Waals surface area contributed by atoms with Gasteiger partial charge in [0.2, 0.25) is 5.91 Å². The zero-order valence-corrected chi connectivity index (χ0v) is 12.6. The van der Waals surface area contributed by atoms with Crippen LogP contribution in [0.2, 0.25) is 0 Å². The minimum absolute atomic E-state index is 0.0226. The Hall–Kier alpha value is -0.570. The van der Waals surface area contributed by atoms with Gasteiger partial charge in [-0.15, -0.1) is 0 Å². The lowest BCUT2D eigenvalue weighted by molar-refractivity contribution is -0.135. The smallest absolute Gasteiger partial charge is 0.239 e. The molecule has 2 saturated carbocycles. The highest BCUT2D eigenvalue weighted by atomic mass is 16.2. The molecule has 4 unspecified atom stereocenters. The molecule has 3 rings (SSSR count). The predicted octanol–water partition coefficient (Wildman–Crippen LogP) is 2.41. The largest absolute Gasteiger partial charge is 0.338 e. The number of likely N-dealkylation sites (N-methyl/N-ethyl adjacent to an activating group) is 1. The van der Waals surface area contributed by atoms with Crippen LogP contribution in [-0.4, -0.2) is 36.5 Å². The van der Waals surface area contributed by atoms with Crippen LogP contribution in [0.25, 0.3) is 0 Å². The summed E-state index contributed by atoms with van der Waals surface area (Å²) < 4.78 is 0. The number of fused-ring (bicyclic) bond motifs is 1. The second-order valence-corrected chi connectivity index (χ2v) is 7.71. The maximum Gasteiger partial charge on any atom is 0.239 e. The molecule has 19 heavy (non-hydrogen) atoms. The molecule has 1 heterocycles. The molecule has 3 heteroatoms. The van der Waals surface area contributed by atoms with Crippen LogP contribution in [0.15, 0.2) is 0 Å². The fourth-order valence-corrected chi connectivity index (χ4v) is 4.17. The van der Waals surface area contributed by atoms with E-state index >= 15 is 0 Å². The van der Waals surface area contributed by atoms with Gasteiger partial charge in [-0.1, -0.05) is 13.8 Å². The minimum atomic E-state index is 0.0226. The van der Waals surface area contributed by atoms with Gasteiger partial charge in [-0.05, 0) is 62.8 Å². The standard InChI is InChI=1S/C16H28N2O/c1-16(2)6-7-18(15(19)14(10-16)17-3)13-5-4-11-8-12(11)9-13/h11-14,17H,4-10H2,1-3H3. The van der Waals surface area contributed by atoms with Gasteiger partial charge in [-0.3, -0.25) is 4.79 Å². The summed E-state index contributed by atoms with van der Waals surface area (Å²) in [4.78, 5) is 15.0. The van der Waals surface area contributed by atoms with Crippen molar-refractivity contribution in [3.05, 3.63) is 0 Å². The van der Waals surface area contributed by atoms with Gasteiger partial charge in [-0.2, -0.15) is 0 Å². The molecule has 0 bridgehead atoms. The van der Waals surface area contributed by atoms with Gasteiger partial charge in [0.1, 0.15) is 0 Å². The first-order chi connectivity index (χ1) is 9.00. The number of nitrogens with one attached hydrogen (secondary N) is 1. The molecule has 3 nitrogen and oxygen atoms in total. The van der Waals surface area contributed by atoms with Crippen molar-refractivity contribution in [2.75, 3.05) is 13.6 Å². The fourth-order valence-electron chi connectivity index (χ4n) is 4.17. The summed E-state index contributed by atoms with van der Waals surface area (Å²) in [5.74, 6) is 2.31. The summed E-state index contributed by atoms with van der Waals surface area (Å²) in [5, 5.41) is 3.25. The van der Waals surface area contributed by atoms with Crippen LogP contribution in [-0.2, 0) is 4.79 Å².